The van der Waals surface area contributed by atoms with Crippen molar-refractivity contribution in [1.29, 1.82) is 0 Å². The lowest BCUT2D eigenvalue weighted by atomic mass is 10.2. The van der Waals surface area contributed by atoms with Crippen LogP contribution in [-0.4, -0.2) is 51.6 Å². The van der Waals surface area contributed by atoms with Crippen molar-refractivity contribution in [2.75, 3.05) is 27.2 Å². The fourth-order valence-electron chi connectivity index (χ4n) is 1.64. The summed E-state index contributed by atoms with van der Waals surface area (Å²) in [5.41, 5.74) is -0.0412. The molecule has 0 fully saturated rings. The molecule has 0 amide bonds. The zero-order chi connectivity index (χ0) is 15.2. The van der Waals surface area contributed by atoms with Gasteiger partial charge >= 0.3 is 5.97 Å². The van der Waals surface area contributed by atoms with E-state index >= 15 is 0 Å². The molecule has 1 aromatic carbocycles. The van der Waals surface area contributed by atoms with Gasteiger partial charge in [-0.25, -0.2) is 17.9 Å². The van der Waals surface area contributed by atoms with E-state index < -0.39 is 16.0 Å². The van der Waals surface area contributed by atoms with E-state index in [9.17, 15) is 13.2 Å². The van der Waals surface area contributed by atoms with E-state index in [1.807, 2.05) is 19.0 Å². The summed E-state index contributed by atoms with van der Waals surface area (Å²) in [5, 5.41) is 8.85. The Morgan fingerprint density at radius 3 is 2.60 bits per heavy atom. The fraction of sp³-hybridized carbons (Fsp3) is 0.462. The topological polar surface area (TPSA) is 86.7 Å². The summed E-state index contributed by atoms with van der Waals surface area (Å²) in [6.45, 7) is 1.24. The number of hydrogen-bond acceptors (Lipinski definition) is 4. The Bertz CT molecular complexity index is 555. The lowest BCUT2D eigenvalue weighted by Crippen LogP contribution is -2.25. The maximum Gasteiger partial charge on any atom is 0.335 e. The third-order valence-corrected chi connectivity index (χ3v) is 4.17. The molecule has 2 N–H and O–H groups in total. The van der Waals surface area contributed by atoms with Crippen LogP contribution in [-0.2, 0) is 10.0 Å². The number of sulfonamides is 1. The molecule has 0 aliphatic rings. The van der Waals surface area contributed by atoms with E-state index in [4.69, 9.17) is 5.11 Å². The first-order valence-electron chi connectivity index (χ1n) is 6.30. The molecule has 0 saturated carbocycles. The van der Waals surface area contributed by atoms with Crippen molar-refractivity contribution in [1.82, 2.24) is 9.62 Å². The number of carboxylic acid groups (broad SMARTS) is 1. The zero-order valence-electron chi connectivity index (χ0n) is 11.7. The van der Waals surface area contributed by atoms with Crippen LogP contribution in [0.2, 0.25) is 0 Å². The lowest BCUT2D eigenvalue weighted by Gasteiger charge is -2.10. The number of benzene rings is 1. The van der Waals surface area contributed by atoms with Crippen LogP contribution in [0.1, 0.15) is 23.2 Å². The summed E-state index contributed by atoms with van der Waals surface area (Å²) in [6, 6.07) is 5.32. The second-order valence-corrected chi connectivity index (χ2v) is 6.51. The summed E-state index contributed by atoms with van der Waals surface area (Å²) in [5.74, 6) is -1.15. The van der Waals surface area contributed by atoms with Gasteiger partial charge in [0.05, 0.1) is 10.5 Å². The number of nitrogens with one attached hydrogen (secondary N) is 1. The second kappa shape index (κ2) is 7.37. The molecule has 0 aromatic heterocycles. The van der Waals surface area contributed by atoms with E-state index in [-0.39, 0.29) is 10.5 Å². The highest BCUT2D eigenvalue weighted by Gasteiger charge is 2.15. The number of carboxylic acids is 1. The minimum absolute atomic E-state index is 0.0231. The van der Waals surface area contributed by atoms with Gasteiger partial charge in [0.2, 0.25) is 10.0 Å². The summed E-state index contributed by atoms with van der Waals surface area (Å²) < 4.78 is 26.5. The van der Waals surface area contributed by atoms with Gasteiger partial charge in [0.25, 0.3) is 0 Å². The molecule has 0 unspecified atom stereocenters. The predicted molar refractivity (Wildman–Crippen MR) is 76.4 cm³/mol. The largest absolute Gasteiger partial charge is 0.478 e. The van der Waals surface area contributed by atoms with Crippen LogP contribution in [0.15, 0.2) is 29.2 Å². The molecule has 20 heavy (non-hydrogen) atoms. The van der Waals surface area contributed by atoms with Gasteiger partial charge in [-0.05, 0) is 51.7 Å². The smallest absolute Gasteiger partial charge is 0.335 e. The van der Waals surface area contributed by atoms with Crippen molar-refractivity contribution >= 4 is 16.0 Å². The van der Waals surface area contributed by atoms with Crippen LogP contribution >= 0.6 is 0 Å². The van der Waals surface area contributed by atoms with Crippen molar-refractivity contribution < 1.29 is 18.3 Å². The average Bonchev–Trinajstić information content (AvgIpc) is 2.38. The highest BCUT2D eigenvalue weighted by Crippen LogP contribution is 2.11. The first-order valence-corrected chi connectivity index (χ1v) is 7.79. The van der Waals surface area contributed by atoms with Crippen LogP contribution < -0.4 is 4.72 Å². The number of aromatic carboxylic acids is 1. The number of unbranched alkanes of at least 4 members (excludes halogenated alkanes) is 1. The predicted octanol–water partition coefficient (Wildman–Crippen LogP) is 1.00. The van der Waals surface area contributed by atoms with Crippen molar-refractivity contribution in [3.8, 4) is 0 Å². The number of carbonyl (C=O) groups is 1. The molecule has 0 aliphatic heterocycles. The van der Waals surface area contributed by atoms with E-state index in [1.165, 1.54) is 18.2 Å². The van der Waals surface area contributed by atoms with Crippen molar-refractivity contribution in [3.63, 3.8) is 0 Å². The first-order chi connectivity index (χ1) is 9.33. The fourth-order valence-corrected chi connectivity index (χ4v) is 2.76. The van der Waals surface area contributed by atoms with Crippen LogP contribution in [0.3, 0.4) is 0 Å². The molecule has 0 aliphatic carbocycles. The molecule has 6 nitrogen and oxygen atoms in total. The SMILES string of the molecule is CN(C)CCCCNS(=O)(=O)c1cccc(C(=O)O)c1. The van der Waals surface area contributed by atoms with E-state index in [1.54, 1.807) is 0 Å². The molecule has 1 rings (SSSR count). The zero-order valence-corrected chi connectivity index (χ0v) is 12.5. The molecule has 1 aromatic rings. The van der Waals surface area contributed by atoms with Gasteiger partial charge in [-0.3, -0.25) is 0 Å². The highest BCUT2D eigenvalue weighted by molar-refractivity contribution is 7.89. The van der Waals surface area contributed by atoms with Gasteiger partial charge in [-0.1, -0.05) is 6.07 Å². The quantitative estimate of drug-likeness (QED) is 0.700. The highest BCUT2D eigenvalue weighted by atomic mass is 32.2. The minimum atomic E-state index is -3.64. The van der Waals surface area contributed by atoms with Crippen LogP contribution in [0.5, 0.6) is 0 Å². The Kier molecular flexibility index (Phi) is 6.12. The Hall–Kier alpha value is -1.44. The van der Waals surface area contributed by atoms with E-state index in [0.29, 0.717) is 6.54 Å². The van der Waals surface area contributed by atoms with Gasteiger partial charge in [-0.15, -0.1) is 0 Å². The third-order valence-electron chi connectivity index (χ3n) is 2.72. The number of rotatable bonds is 8. The third kappa shape index (κ3) is 5.28. The van der Waals surface area contributed by atoms with Gasteiger partial charge < -0.3 is 10.0 Å². The second-order valence-electron chi connectivity index (χ2n) is 4.74. The molecule has 0 heterocycles. The van der Waals surface area contributed by atoms with Crippen molar-refractivity contribution in [2.24, 2.45) is 0 Å². The molecule has 0 saturated heterocycles. The Morgan fingerprint density at radius 2 is 2.00 bits per heavy atom. The Morgan fingerprint density at radius 1 is 1.30 bits per heavy atom. The monoisotopic (exact) mass is 300 g/mol. The van der Waals surface area contributed by atoms with Gasteiger partial charge in [-0.2, -0.15) is 0 Å². The summed E-state index contributed by atoms with van der Waals surface area (Å²) >= 11 is 0. The molecule has 0 radical (unpaired) electrons. The Labute approximate surface area is 119 Å². The molecule has 7 heteroatoms. The molecular weight excluding hydrogens is 280 g/mol. The van der Waals surface area contributed by atoms with Crippen LogP contribution in [0.4, 0.5) is 0 Å². The molecule has 0 bridgehead atoms. The molecule has 0 spiro atoms. The normalized spacial score (nSPS) is 11.8. The maximum absolute atomic E-state index is 12.0. The van der Waals surface area contributed by atoms with Gasteiger partial charge in [0.15, 0.2) is 0 Å². The molecule has 0 atom stereocenters. The van der Waals surface area contributed by atoms with Gasteiger partial charge in [0.1, 0.15) is 0 Å². The standard InChI is InChI=1S/C13H20N2O4S/c1-15(2)9-4-3-8-14-20(18,19)12-7-5-6-11(10-12)13(16)17/h5-7,10,14H,3-4,8-9H2,1-2H3,(H,16,17). The van der Waals surface area contributed by atoms with Crippen molar-refractivity contribution in [3.05, 3.63) is 29.8 Å². The first kappa shape index (κ1) is 16.6. The van der Waals surface area contributed by atoms with Crippen molar-refractivity contribution in [2.45, 2.75) is 17.7 Å². The summed E-state index contributed by atoms with van der Waals surface area (Å²) in [6.07, 6.45) is 1.63. The van der Waals surface area contributed by atoms with Crippen LogP contribution in [0, 0.1) is 0 Å². The van der Waals surface area contributed by atoms with E-state index in [0.717, 1.165) is 25.5 Å². The number of nitrogens with zero attached hydrogens (tertiary/aromatic N) is 1. The summed E-state index contributed by atoms with van der Waals surface area (Å²) in [4.78, 5) is 12.8. The maximum atomic E-state index is 12.0. The summed E-state index contributed by atoms with van der Waals surface area (Å²) in [7, 11) is 0.276. The molecule has 112 valence electrons. The van der Waals surface area contributed by atoms with E-state index in [2.05, 4.69) is 4.72 Å². The number of hydrogen-bond donors (Lipinski definition) is 2. The van der Waals surface area contributed by atoms with Crippen LogP contribution in [0.25, 0.3) is 0 Å². The minimum Gasteiger partial charge on any atom is -0.478 e. The lowest BCUT2D eigenvalue weighted by molar-refractivity contribution is 0.0696. The average molecular weight is 300 g/mol. The van der Waals surface area contributed by atoms with Gasteiger partial charge in [0, 0.05) is 6.54 Å². The molecular formula is C13H20N2O4S. The Balaban J connectivity index is 2.60.